The third-order valence-electron chi connectivity index (χ3n) is 6.33. The van der Waals surface area contributed by atoms with E-state index in [-0.39, 0.29) is 35.7 Å². The molecule has 0 radical (unpaired) electrons. The average molecular weight is 497 g/mol. The molecule has 1 aromatic heterocycles. The van der Waals surface area contributed by atoms with E-state index in [2.05, 4.69) is 10.0 Å². The molecule has 2 aliphatic rings. The fourth-order valence-corrected chi connectivity index (χ4v) is 5.74. The molecule has 2 aliphatic heterocycles. The first kappa shape index (κ1) is 23.3. The molecule has 0 spiro atoms. The minimum atomic E-state index is -1.77. The summed E-state index contributed by atoms with van der Waals surface area (Å²) in [6.07, 6.45) is 1.56. The lowest BCUT2D eigenvalue weighted by atomic mass is 10.1. The van der Waals surface area contributed by atoms with Gasteiger partial charge in [-0.1, -0.05) is 30.3 Å². The maximum atomic E-state index is 13.6. The standard InChI is InChI=1S/C25H25FN4O4S/c1-15-10-18(8-9-19(15)26)27-24(31)22-23-20(13-29(22)2)35(33)28-21-17(14-34-23)12-30(25(21)32)11-16-6-4-3-5-7-16/h3-10,13,17,21,28H,11-12,14H2,1-2H3,(H,27,31). The van der Waals surface area contributed by atoms with Crippen LogP contribution in [0.4, 0.5) is 10.1 Å². The molecule has 2 aromatic carbocycles. The summed E-state index contributed by atoms with van der Waals surface area (Å²) in [4.78, 5) is 28.2. The van der Waals surface area contributed by atoms with Gasteiger partial charge in [0.25, 0.3) is 5.91 Å². The van der Waals surface area contributed by atoms with E-state index in [1.165, 1.54) is 18.2 Å². The molecule has 5 rings (SSSR count). The van der Waals surface area contributed by atoms with Gasteiger partial charge in [0.05, 0.1) is 6.61 Å². The zero-order valence-corrected chi connectivity index (χ0v) is 20.1. The van der Waals surface area contributed by atoms with Crippen molar-refractivity contribution in [3.8, 4) is 5.75 Å². The first-order valence-corrected chi connectivity index (χ1v) is 12.4. The Balaban J connectivity index is 1.37. The SMILES string of the molecule is Cc1cc(NC(=O)c2c3c(cn2C)S(=O)NC2C(=O)N(Cc4ccccc4)CC2CO3)ccc1F. The van der Waals surface area contributed by atoms with Gasteiger partial charge in [-0.25, -0.2) is 13.3 Å². The van der Waals surface area contributed by atoms with Crippen molar-refractivity contribution in [3.63, 3.8) is 0 Å². The minimum Gasteiger partial charge on any atom is -0.489 e. The topological polar surface area (TPSA) is 92.7 Å². The van der Waals surface area contributed by atoms with Crippen LogP contribution in [-0.4, -0.2) is 44.7 Å². The van der Waals surface area contributed by atoms with E-state index in [0.717, 1.165) is 5.56 Å². The van der Waals surface area contributed by atoms with Gasteiger partial charge < -0.3 is 19.5 Å². The molecule has 1 saturated heterocycles. The summed E-state index contributed by atoms with van der Waals surface area (Å²) in [6.45, 7) is 2.70. The fraction of sp³-hybridized carbons (Fsp3) is 0.280. The molecule has 2 N–H and O–H groups in total. The maximum Gasteiger partial charge on any atom is 0.276 e. The van der Waals surface area contributed by atoms with Crippen molar-refractivity contribution in [2.24, 2.45) is 13.0 Å². The van der Waals surface area contributed by atoms with E-state index in [1.807, 2.05) is 30.3 Å². The Morgan fingerprint density at radius 3 is 2.77 bits per heavy atom. The Morgan fingerprint density at radius 2 is 2.03 bits per heavy atom. The van der Waals surface area contributed by atoms with Crippen LogP contribution in [0.3, 0.4) is 0 Å². The molecule has 0 bridgehead atoms. The molecule has 182 valence electrons. The lowest BCUT2D eigenvalue weighted by Crippen LogP contribution is -2.44. The summed E-state index contributed by atoms with van der Waals surface area (Å²) in [6, 6.07) is 13.3. The van der Waals surface area contributed by atoms with Gasteiger partial charge >= 0.3 is 0 Å². The highest BCUT2D eigenvalue weighted by Gasteiger charge is 2.44. The summed E-state index contributed by atoms with van der Waals surface area (Å²) in [5.74, 6) is -0.984. The van der Waals surface area contributed by atoms with Gasteiger partial charge in [-0.15, -0.1) is 0 Å². The highest BCUT2D eigenvalue weighted by atomic mass is 32.2. The Labute approximate surface area is 204 Å². The lowest BCUT2D eigenvalue weighted by molar-refractivity contribution is -0.129. The van der Waals surface area contributed by atoms with Gasteiger partial charge in [-0.3, -0.25) is 9.59 Å². The number of hydrogen-bond acceptors (Lipinski definition) is 4. The van der Waals surface area contributed by atoms with Crippen molar-refractivity contribution in [2.75, 3.05) is 18.5 Å². The predicted octanol–water partition coefficient (Wildman–Crippen LogP) is 2.76. The number of rotatable bonds is 4. The molecular formula is C25H25FN4O4S. The van der Waals surface area contributed by atoms with Crippen LogP contribution in [0.2, 0.25) is 0 Å². The third-order valence-corrected chi connectivity index (χ3v) is 7.49. The van der Waals surface area contributed by atoms with Crippen LogP contribution in [0.15, 0.2) is 59.6 Å². The van der Waals surface area contributed by atoms with Gasteiger partial charge in [0.15, 0.2) is 11.4 Å². The van der Waals surface area contributed by atoms with E-state index in [4.69, 9.17) is 4.74 Å². The Bertz CT molecular complexity index is 1330. The summed E-state index contributed by atoms with van der Waals surface area (Å²) >= 11 is 0. The number of ether oxygens (including phenoxy) is 1. The number of nitrogens with one attached hydrogen (secondary N) is 2. The second kappa shape index (κ2) is 9.27. The minimum absolute atomic E-state index is 0.125. The fourth-order valence-electron chi connectivity index (χ4n) is 4.51. The van der Waals surface area contributed by atoms with Gasteiger partial charge in [-0.2, -0.15) is 0 Å². The quantitative estimate of drug-likeness (QED) is 0.581. The van der Waals surface area contributed by atoms with Crippen molar-refractivity contribution in [1.82, 2.24) is 14.2 Å². The third kappa shape index (κ3) is 4.46. The number of likely N-dealkylation sites (tertiary alicyclic amines) is 1. The van der Waals surface area contributed by atoms with E-state index in [1.54, 1.807) is 29.6 Å². The first-order valence-electron chi connectivity index (χ1n) is 11.2. The molecule has 3 aromatic rings. The van der Waals surface area contributed by atoms with Crippen molar-refractivity contribution in [1.29, 1.82) is 0 Å². The highest BCUT2D eigenvalue weighted by molar-refractivity contribution is 7.83. The van der Waals surface area contributed by atoms with Crippen molar-refractivity contribution in [3.05, 3.63) is 77.4 Å². The second-order valence-corrected chi connectivity index (χ2v) is 10.1. The molecule has 0 saturated carbocycles. The number of amides is 2. The number of benzene rings is 2. The van der Waals surface area contributed by atoms with Gasteiger partial charge in [-0.05, 0) is 36.2 Å². The largest absolute Gasteiger partial charge is 0.489 e. The van der Waals surface area contributed by atoms with Gasteiger partial charge in [0.2, 0.25) is 5.91 Å². The summed E-state index contributed by atoms with van der Waals surface area (Å²) in [5.41, 5.74) is 2.05. The number of fused-ring (bicyclic) bond motifs is 2. The van der Waals surface area contributed by atoms with E-state index >= 15 is 0 Å². The number of aromatic nitrogens is 1. The molecule has 3 heterocycles. The van der Waals surface area contributed by atoms with Crippen LogP contribution in [-0.2, 0) is 29.4 Å². The van der Waals surface area contributed by atoms with Crippen molar-refractivity contribution < 1.29 is 22.9 Å². The van der Waals surface area contributed by atoms with Crippen LogP contribution in [0.25, 0.3) is 0 Å². The zero-order chi connectivity index (χ0) is 24.7. The normalized spacial score (nSPS) is 21.5. The van der Waals surface area contributed by atoms with E-state index in [9.17, 15) is 18.2 Å². The number of carbonyl (C=O) groups is 2. The number of aryl methyl sites for hydroxylation is 2. The van der Waals surface area contributed by atoms with Crippen molar-refractivity contribution in [2.45, 2.75) is 24.4 Å². The average Bonchev–Trinajstić information content (AvgIpc) is 3.30. The Kier molecular flexibility index (Phi) is 6.16. The molecular weight excluding hydrogens is 471 g/mol. The molecule has 35 heavy (non-hydrogen) atoms. The summed E-state index contributed by atoms with van der Waals surface area (Å²) in [7, 11) is -0.112. The maximum absolute atomic E-state index is 13.6. The molecule has 0 aliphatic carbocycles. The molecule has 10 heteroatoms. The number of anilines is 1. The number of hydrogen-bond donors (Lipinski definition) is 2. The summed E-state index contributed by atoms with van der Waals surface area (Å²) < 4.78 is 37.4. The van der Waals surface area contributed by atoms with E-state index < -0.39 is 22.9 Å². The molecule has 1 fully saturated rings. The second-order valence-electron chi connectivity index (χ2n) is 8.84. The molecule has 2 amide bonds. The number of carbonyl (C=O) groups excluding carboxylic acids is 2. The lowest BCUT2D eigenvalue weighted by Gasteiger charge is -2.22. The summed E-state index contributed by atoms with van der Waals surface area (Å²) in [5, 5.41) is 2.75. The highest BCUT2D eigenvalue weighted by Crippen LogP contribution is 2.34. The molecule has 8 nitrogen and oxygen atoms in total. The Hall–Kier alpha value is -3.50. The monoisotopic (exact) mass is 496 g/mol. The zero-order valence-electron chi connectivity index (χ0n) is 19.3. The van der Waals surface area contributed by atoms with Crippen LogP contribution < -0.4 is 14.8 Å². The van der Waals surface area contributed by atoms with Gasteiger partial charge in [0, 0.05) is 37.9 Å². The van der Waals surface area contributed by atoms with Crippen molar-refractivity contribution >= 4 is 28.5 Å². The van der Waals surface area contributed by atoms with Crippen LogP contribution >= 0.6 is 0 Å². The first-order chi connectivity index (χ1) is 16.8. The Morgan fingerprint density at radius 1 is 1.26 bits per heavy atom. The van der Waals surface area contributed by atoms with E-state index in [0.29, 0.717) is 29.2 Å². The molecule has 3 unspecified atom stereocenters. The van der Waals surface area contributed by atoms with Crippen LogP contribution in [0.1, 0.15) is 21.6 Å². The predicted molar refractivity (Wildman–Crippen MR) is 129 cm³/mol. The smallest absolute Gasteiger partial charge is 0.276 e. The van der Waals surface area contributed by atoms with Crippen LogP contribution in [0.5, 0.6) is 5.75 Å². The number of nitrogens with zero attached hydrogens (tertiary/aromatic N) is 2. The van der Waals surface area contributed by atoms with Gasteiger partial charge in [0.1, 0.15) is 27.7 Å². The number of halogens is 1. The van der Waals surface area contributed by atoms with Crippen LogP contribution in [0, 0.1) is 18.7 Å². The molecule has 3 atom stereocenters.